The second kappa shape index (κ2) is 11.4. The summed E-state index contributed by atoms with van der Waals surface area (Å²) in [5.41, 5.74) is 0.0768. The molecule has 2 aliphatic heterocycles. The highest BCUT2D eigenvalue weighted by Crippen LogP contribution is 2.39. The molecule has 3 aromatic rings. The number of aryl methyl sites for hydroxylation is 1. The van der Waals surface area contributed by atoms with Gasteiger partial charge in [0.2, 0.25) is 11.7 Å². The quantitative estimate of drug-likeness (QED) is 0.448. The number of hydrogen-bond acceptors (Lipinski definition) is 7. The molecule has 2 aromatic heterocycles. The van der Waals surface area contributed by atoms with Gasteiger partial charge >= 0.3 is 6.18 Å². The summed E-state index contributed by atoms with van der Waals surface area (Å²) in [7, 11) is 3.76. The first-order valence-electron chi connectivity index (χ1n) is 13.5. The van der Waals surface area contributed by atoms with Gasteiger partial charge in [0.1, 0.15) is 23.0 Å². The molecule has 0 unspecified atom stereocenters. The third kappa shape index (κ3) is 5.89. The lowest BCUT2D eigenvalue weighted by atomic mass is 9.91. The molecule has 0 aliphatic carbocycles. The van der Waals surface area contributed by atoms with Gasteiger partial charge in [-0.25, -0.2) is 9.97 Å². The largest absolute Gasteiger partial charge is 0.493 e. The lowest BCUT2D eigenvalue weighted by Crippen LogP contribution is -2.45. The van der Waals surface area contributed by atoms with Gasteiger partial charge < -0.3 is 19.1 Å². The van der Waals surface area contributed by atoms with Crippen LogP contribution in [0.2, 0.25) is 0 Å². The number of benzene rings is 1. The van der Waals surface area contributed by atoms with Gasteiger partial charge in [0.25, 0.3) is 0 Å². The molecule has 0 spiro atoms. The number of carbonyl (C=O) groups is 1. The number of nitrogens with zero attached hydrogens (tertiary/aromatic N) is 7. The van der Waals surface area contributed by atoms with Crippen molar-refractivity contribution in [2.75, 3.05) is 39.8 Å². The lowest BCUT2D eigenvalue weighted by Gasteiger charge is -2.36. The Hall–Kier alpha value is -3.72. The Morgan fingerprint density at radius 3 is 2.50 bits per heavy atom. The summed E-state index contributed by atoms with van der Waals surface area (Å²) in [5.74, 6) is 0.226. The van der Waals surface area contributed by atoms with Crippen LogP contribution in [-0.4, -0.2) is 75.1 Å². The number of fused-ring (bicyclic) bond motifs is 1. The number of aromatic nitrogens is 4. The fourth-order valence-electron chi connectivity index (χ4n) is 5.57. The Kier molecular flexibility index (Phi) is 7.94. The van der Waals surface area contributed by atoms with Crippen molar-refractivity contribution in [1.82, 2.24) is 29.3 Å². The third-order valence-electron chi connectivity index (χ3n) is 8.00. The van der Waals surface area contributed by atoms with Gasteiger partial charge in [-0.05, 0) is 76.4 Å². The molecule has 2 saturated heterocycles. The van der Waals surface area contributed by atoms with Crippen molar-refractivity contribution in [2.24, 2.45) is 18.9 Å². The number of hydrogen-bond donors (Lipinski definition) is 0. The lowest BCUT2D eigenvalue weighted by molar-refractivity contribution is -0.139. The van der Waals surface area contributed by atoms with Crippen LogP contribution < -0.4 is 4.74 Å². The zero-order valence-corrected chi connectivity index (χ0v) is 22.6. The van der Waals surface area contributed by atoms with Gasteiger partial charge in [0.05, 0.1) is 18.5 Å². The fraction of sp³-hybridized carbons (Fsp3) is 0.536. The minimum Gasteiger partial charge on any atom is -0.493 e. The summed E-state index contributed by atoms with van der Waals surface area (Å²) in [6.07, 6.45) is 0.866. The summed E-state index contributed by atoms with van der Waals surface area (Å²) in [6, 6.07) is 5.63. The molecule has 12 heteroatoms. The Morgan fingerprint density at radius 2 is 1.82 bits per heavy atom. The standard InChI is InChI=1S/C28H32F3N7O2/c1-36-10-7-19(8-11-36)27(39)38-12-5-18(6-13-38)9-14-40-22-4-3-20(15-21(22)28(29,30)31)24-25-26(37(2)17-33-25)35-23(16-32)34-24/h3-4,15,17-19H,5-14H2,1-2H3. The van der Waals surface area contributed by atoms with Crippen LogP contribution in [0.25, 0.3) is 22.4 Å². The van der Waals surface area contributed by atoms with Crippen molar-refractivity contribution < 1.29 is 22.7 Å². The minimum absolute atomic E-state index is 0.0995. The van der Waals surface area contributed by atoms with Crippen LogP contribution in [0.4, 0.5) is 13.2 Å². The van der Waals surface area contributed by atoms with E-state index in [2.05, 4.69) is 26.9 Å². The molecule has 1 aromatic carbocycles. The highest BCUT2D eigenvalue weighted by molar-refractivity contribution is 5.88. The Morgan fingerprint density at radius 1 is 1.10 bits per heavy atom. The summed E-state index contributed by atoms with van der Waals surface area (Å²) >= 11 is 0. The zero-order valence-electron chi connectivity index (χ0n) is 22.6. The second-order valence-electron chi connectivity index (χ2n) is 10.7. The number of amides is 1. The third-order valence-corrected chi connectivity index (χ3v) is 8.00. The Balaban J connectivity index is 1.23. The van der Waals surface area contributed by atoms with Crippen molar-refractivity contribution >= 4 is 17.1 Å². The summed E-state index contributed by atoms with van der Waals surface area (Å²) in [6.45, 7) is 3.40. The first-order valence-corrected chi connectivity index (χ1v) is 13.5. The molecular weight excluding hydrogens is 523 g/mol. The summed E-state index contributed by atoms with van der Waals surface area (Å²) < 4.78 is 49.4. The number of carbonyl (C=O) groups excluding carboxylic acids is 1. The monoisotopic (exact) mass is 555 g/mol. The molecule has 0 saturated carbocycles. The smallest absolute Gasteiger partial charge is 0.419 e. The van der Waals surface area contributed by atoms with E-state index in [9.17, 15) is 23.2 Å². The van der Waals surface area contributed by atoms with Crippen LogP contribution >= 0.6 is 0 Å². The fourth-order valence-corrected chi connectivity index (χ4v) is 5.57. The molecule has 5 rings (SSSR count). The maximum Gasteiger partial charge on any atom is 0.419 e. The SMILES string of the molecule is CN1CCC(C(=O)N2CCC(CCOc3ccc(-c4nc(C#N)nc5c4ncn5C)cc3C(F)(F)F)CC2)CC1. The van der Waals surface area contributed by atoms with Gasteiger partial charge in [-0.3, -0.25) is 4.79 Å². The summed E-state index contributed by atoms with van der Waals surface area (Å²) in [4.78, 5) is 29.6. The number of nitriles is 1. The van der Waals surface area contributed by atoms with E-state index in [4.69, 9.17) is 4.74 Å². The highest BCUT2D eigenvalue weighted by Gasteiger charge is 2.35. The molecule has 0 atom stereocenters. The number of imidazole rings is 1. The normalized spacial score (nSPS) is 17.8. The molecule has 0 radical (unpaired) electrons. The minimum atomic E-state index is -4.65. The number of piperidine rings is 2. The predicted molar refractivity (Wildman–Crippen MR) is 141 cm³/mol. The zero-order chi connectivity index (χ0) is 28.4. The van der Waals surface area contributed by atoms with Gasteiger partial charge in [0.15, 0.2) is 5.65 Å². The van der Waals surface area contributed by atoms with Crippen LogP contribution in [0.5, 0.6) is 5.75 Å². The predicted octanol–water partition coefficient (Wildman–Crippen LogP) is 4.27. The van der Waals surface area contributed by atoms with E-state index in [1.54, 1.807) is 11.6 Å². The van der Waals surface area contributed by atoms with E-state index < -0.39 is 11.7 Å². The number of alkyl halides is 3. The van der Waals surface area contributed by atoms with Crippen LogP contribution in [0.3, 0.4) is 0 Å². The topological polar surface area (TPSA) is 100 Å². The number of ether oxygens (including phenoxy) is 1. The molecule has 4 heterocycles. The van der Waals surface area contributed by atoms with Gasteiger partial charge in [-0.15, -0.1) is 0 Å². The maximum absolute atomic E-state index is 14.1. The van der Waals surface area contributed by atoms with Crippen molar-refractivity contribution in [1.29, 1.82) is 5.26 Å². The van der Waals surface area contributed by atoms with Crippen molar-refractivity contribution in [3.05, 3.63) is 35.9 Å². The number of halogens is 3. The van der Waals surface area contributed by atoms with Crippen molar-refractivity contribution in [2.45, 2.75) is 38.3 Å². The van der Waals surface area contributed by atoms with Crippen LogP contribution in [-0.2, 0) is 18.0 Å². The highest BCUT2D eigenvalue weighted by atomic mass is 19.4. The first-order chi connectivity index (χ1) is 19.1. The molecular formula is C28H32F3N7O2. The van der Waals surface area contributed by atoms with E-state index in [1.807, 2.05) is 11.0 Å². The molecule has 1 amide bonds. The van der Waals surface area contributed by atoms with Crippen molar-refractivity contribution in [3.8, 4) is 23.1 Å². The van der Waals surface area contributed by atoms with Gasteiger partial charge in [0, 0.05) is 31.6 Å². The molecule has 2 fully saturated rings. The van der Waals surface area contributed by atoms with Crippen LogP contribution in [0.15, 0.2) is 24.5 Å². The van der Waals surface area contributed by atoms with E-state index in [1.165, 1.54) is 18.5 Å². The molecule has 40 heavy (non-hydrogen) atoms. The Labute approximate surface area is 230 Å². The Bertz CT molecular complexity index is 1420. The van der Waals surface area contributed by atoms with E-state index >= 15 is 0 Å². The van der Waals surface area contributed by atoms with Crippen LogP contribution in [0.1, 0.15) is 43.5 Å². The van der Waals surface area contributed by atoms with E-state index in [0.29, 0.717) is 30.7 Å². The molecule has 212 valence electrons. The molecule has 9 nitrogen and oxygen atoms in total. The second-order valence-corrected chi connectivity index (χ2v) is 10.7. The van der Waals surface area contributed by atoms with E-state index in [-0.39, 0.29) is 47.2 Å². The van der Waals surface area contributed by atoms with E-state index in [0.717, 1.165) is 44.8 Å². The van der Waals surface area contributed by atoms with Crippen molar-refractivity contribution in [3.63, 3.8) is 0 Å². The molecule has 0 N–H and O–H groups in total. The average molecular weight is 556 g/mol. The van der Waals surface area contributed by atoms with Gasteiger partial charge in [-0.1, -0.05) is 0 Å². The molecule has 2 aliphatic rings. The summed E-state index contributed by atoms with van der Waals surface area (Å²) in [5, 5.41) is 9.31. The maximum atomic E-state index is 14.1. The molecule has 0 bridgehead atoms. The van der Waals surface area contributed by atoms with Gasteiger partial charge in [-0.2, -0.15) is 23.4 Å². The number of likely N-dealkylation sites (tertiary alicyclic amines) is 2. The average Bonchev–Trinajstić information content (AvgIpc) is 3.33. The van der Waals surface area contributed by atoms with Crippen LogP contribution in [0, 0.1) is 23.2 Å². The number of rotatable bonds is 6. The first kappa shape index (κ1) is 27.8.